The molecule has 3 aromatic rings. The van der Waals surface area contributed by atoms with E-state index in [2.05, 4.69) is 27.6 Å². The first-order valence-electron chi connectivity index (χ1n) is 9.33. The van der Waals surface area contributed by atoms with Crippen molar-refractivity contribution in [2.45, 2.75) is 45.6 Å². The number of hydrogen-bond donors (Lipinski definition) is 1. The van der Waals surface area contributed by atoms with E-state index in [1.807, 2.05) is 56.3 Å². The van der Waals surface area contributed by atoms with Gasteiger partial charge < -0.3 is 9.84 Å². The Labute approximate surface area is 159 Å². The molecule has 2 aromatic carbocycles. The SMILES string of the molecule is Cc1ccccc1-c1noc(CCC(=O)N[C@H](C)CCc2ccccc2)n1. The lowest BCUT2D eigenvalue weighted by atomic mass is 10.1. The lowest BCUT2D eigenvalue weighted by molar-refractivity contribution is -0.121. The van der Waals surface area contributed by atoms with Crippen molar-refractivity contribution in [1.29, 1.82) is 0 Å². The zero-order valence-electron chi connectivity index (χ0n) is 15.8. The molecule has 0 fully saturated rings. The minimum Gasteiger partial charge on any atom is -0.354 e. The van der Waals surface area contributed by atoms with Crippen LogP contribution in [0.25, 0.3) is 11.4 Å². The molecule has 5 nitrogen and oxygen atoms in total. The van der Waals surface area contributed by atoms with Crippen molar-refractivity contribution in [1.82, 2.24) is 15.5 Å². The highest BCUT2D eigenvalue weighted by Gasteiger charge is 2.13. The molecule has 0 radical (unpaired) electrons. The maximum Gasteiger partial charge on any atom is 0.227 e. The van der Waals surface area contributed by atoms with Gasteiger partial charge in [-0.05, 0) is 37.8 Å². The fourth-order valence-electron chi connectivity index (χ4n) is 2.96. The zero-order chi connectivity index (χ0) is 19.1. The molecule has 1 heterocycles. The average Bonchev–Trinajstić information content (AvgIpc) is 3.15. The number of carbonyl (C=O) groups is 1. The number of rotatable bonds is 8. The Balaban J connectivity index is 1.45. The molecule has 0 saturated heterocycles. The Morgan fingerprint density at radius 3 is 2.59 bits per heavy atom. The van der Waals surface area contributed by atoms with Gasteiger partial charge in [0.05, 0.1) is 0 Å². The second-order valence-electron chi connectivity index (χ2n) is 6.82. The molecule has 0 bridgehead atoms. The van der Waals surface area contributed by atoms with Crippen molar-refractivity contribution in [3.8, 4) is 11.4 Å². The summed E-state index contributed by atoms with van der Waals surface area (Å²) >= 11 is 0. The van der Waals surface area contributed by atoms with Crippen LogP contribution in [0.2, 0.25) is 0 Å². The molecule has 3 rings (SSSR count). The predicted molar refractivity (Wildman–Crippen MR) is 105 cm³/mol. The van der Waals surface area contributed by atoms with E-state index < -0.39 is 0 Å². The third-order valence-corrected chi connectivity index (χ3v) is 4.54. The topological polar surface area (TPSA) is 68.0 Å². The molecule has 1 N–H and O–H groups in total. The van der Waals surface area contributed by atoms with Gasteiger partial charge in [-0.1, -0.05) is 59.8 Å². The van der Waals surface area contributed by atoms with Gasteiger partial charge in [0.1, 0.15) is 0 Å². The number of nitrogens with one attached hydrogen (secondary N) is 1. The monoisotopic (exact) mass is 363 g/mol. The van der Waals surface area contributed by atoms with Crippen LogP contribution >= 0.6 is 0 Å². The lowest BCUT2D eigenvalue weighted by Gasteiger charge is -2.13. The van der Waals surface area contributed by atoms with Crippen LogP contribution in [0, 0.1) is 6.92 Å². The highest BCUT2D eigenvalue weighted by atomic mass is 16.5. The summed E-state index contributed by atoms with van der Waals surface area (Å²) in [4.78, 5) is 16.6. The molecule has 1 aromatic heterocycles. The van der Waals surface area contributed by atoms with Crippen LogP contribution in [0.1, 0.15) is 36.8 Å². The maximum absolute atomic E-state index is 12.2. The van der Waals surface area contributed by atoms with Crippen LogP contribution in [-0.2, 0) is 17.6 Å². The standard InChI is InChI=1S/C22H25N3O2/c1-16-8-6-7-11-19(16)22-24-21(27-25-22)15-14-20(26)23-17(2)12-13-18-9-4-3-5-10-18/h3-11,17H,12-15H2,1-2H3,(H,23,26)/t17-/m1/s1. The second-order valence-corrected chi connectivity index (χ2v) is 6.82. The predicted octanol–water partition coefficient (Wildman–Crippen LogP) is 4.12. The van der Waals surface area contributed by atoms with Gasteiger partial charge in [0.15, 0.2) is 0 Å². The third-order valence-electron chi connectivity index (χ3n) is 4.54. The molecule has 0 aliphatic carbocycles. The van der Waals surface area contributed by atoms with Crippen LogP contribution < -0.4 is 5.32 Å². The van der Waals surface area contributed by atoms with Crippen LogP contribution in [0.15, 0.2) is 59.1 Å². The molecular weight excluding hydrogens is 338 g/mol. The van der Waals surface area contributed by atoms with Gasteiger partial charge in [0.2, 0.25) is 17.6 Å². The Morgan fingerprint density at radius 2 is 1.81 bits per heavy atom. The molecule has 0 saturated carbocycles. The van der Waals surface area contributed by atoms with Gasteiger partial charge in [-0.25, -0.2) is 0 Å². The van der Waals surface area contributed by atoms with Crippen molar-refractivity contribution in [2.24, 2.45) is 0 Å². The zero-order valence-corrected chi connectivity index (χ0v) is 15.8. The van der Waals surface area contributed by atoms with E-state index >= 15 is 0 Å². The van der Waals surface area contributed by atoms with Gasteiger partial charge >= 0.3 is 0 Å². The normalized spacial score (nSPS) is 11.9. The number of carbonyl (C=O) groups excluding carboxylic acids is 1. The largest absolute Gasteiger partial charge is 0.354 e. The van der Waals surface area contributed by atoms with Gasteiger partial charge in [-0.3, -0.25) is 4.79 Å². The Bertz CT molecular complexity index is 874. The minimum absolute atomic E-state index is 0.00574. The lowest BCUT2D eigenvalue weighted by Crippen LogP contribution is -2.33. The number of benzene rings is 2. The number of aromatic nitrogens is 2. The molecule has 0 unspecified atom stereocenters. The van der Waals surface area contributed by atoms with Crippen LogP contribution in [0.5, 0.6) is 0 Å². The molecule has 0 aliphatic heterocycles. The van der Waals surface area contributed by atoms with Crippen LogP contribution in [0.3, 0.4) is 0 Å². The van der Waals surface area contributed by atoms with E-state index in [-0.39, 0.29) is 11.9 Å². The van der Waals surface area contributed by atoms with Gasteiger partial charge in [-0.15, -0.1) is 0 Å². The summed E-state index contributed by atoms with van der Waals surface area (Å²) in [6.45, 7) is 4.04. The minimum atomic E-state index is 0.00574. The number of aryl methyl sites for hydroxylation is 3. The fraction of sp³-hybridized carbons (Fsp3) is 0.318. The number of hydrogen-bond acceptors (Lipinski definition) is 4. The first-order valence-corrected chi connectivity index (χ1v) is 9.33. The molecule has 0 aliphatic rings. The number of nitrogens with zero attached hydrogens (tertiary/aromatic N) is 2. The highest BCUT2D eigenvalue weighted by Crippen LogP contribution is 2.20. The molecule has 140 valence electrons. The summed E-state index contributed by atoms with van der Waals surface area (Å²) in [5.41, 5.74) is 3.33. The Morgan fingerprint density at radius 1 is 1.07 bits per heavy atom. The van der Waals surface area contributed by atoms with E-state index in [4.69, 9.17) is 4.52 Å². The van der Waals surface area contributed by atoms with Crippen molar-refractivity contribution >= 4 is 5.91 Å². The summed E-state index contributed by atoms with van der Waals surface area (Å²) in [6, 6.07) is 18.3. The molecule has 1 amide bonds. The third kappa shape index (κ3) is 5.51. The summed E-state index contributed by atoms with van der Waals surface area (Å²) in [6.07, 6.45) is 2.64. The molecule has 5 heteroatoms. The van der Waals surface area contributed by atoms with Crippen molar-refractivity contribution in [2.75, 3.05) is 0 Å². The Kier molecular flexibility index (Phi) is 6.36. The maximum atomic E-state index is 12.2. The van der Waals surface area contributed by atoms with Crippen molar-refractivity contribution in [3.05, 3.63) is 71.6 Å². The first kappa shape index (κ1) is 18.8. The smallest absolute Gasteiger partial charge is 0.227 e. The Hall–Kier alpha value is -2.95. The van der Waals surface area contributed by atoms with E-state index in [1.165, 1.54) is 5.56 Å². The van der Waals surface area contributed by atoms with Gasteiger partial charge in [-0.2, -0.15) is 4.98 Å². The number of amides is 1. The molecular formula is C22H25N3O2. The summed E-state index contributed by atoms with van der Waals surface area (Å²) < 4.78 is 5.29. The van der Waals surface area contributed by atoms with E-state index in [0.717, 1.165) is 24.0 Å². The first-order chi connectivity index (χ1) is 13.1. The quantitative estimate of drug-likeness (QED) is 0.654. The van der Waals surface area contributed by atoms with Crippen LogP contribution in [-0.4, -0.2) is 22.1 Å². The second kappa shape index (κ2) is 9.12. The fourth-order valence-corrected chi connectivity index (χ4v) is 2.96. The van der Waals surface area contributed by atoms with Crippen molar-refractivity contribution in [3.63, 3.8) is 0 Å². The van der Waals surface area contributed by atoms with Gasteiger partial charge in [0, 0.05) is 24.4 Å². The molecule has 0 spiro atoms. The summed E-state index contributed by atoms with van der Waals surface area (Å²) in [5, 5.41) is 7.07. The van der Waals surface area contributed by atoms with E-state index in [1.54, 1.807) is 0 Å². The molecule has 27 heavy (non-hydrogen) atoms. The van der Waals surface area contributed by atoms with Crippen LogP contribution in [0.4, 0.5) is 0 Å². The van der Waals surface area contributed by atoms with Gasteiger partial charge in [0.25, 0.3) is 0 Å². The highest BCUT2D eigenvalue weighted by molar-refractivity contribution is 5.76. The summed E-state index contributed by atoms with van der Waals surface area (Å²) in [5.74, 6) is 1.06. The average molecular weight is 363 g/mol. The van der Waals surface area contributed by atoms with E-state index in [0.29, 0.717) is 24.6 Å². The van der Waals surface area contributed by atoms with E-state index in [9.17, 15) is 4.79 Å². The van der Waals surface area contributed by atoms with Crippen molar-refractivity contribution < 1.29 is 9.32 Å². The molecule has 1 atom stereocenters. The summed E-state index contributed by atoms with van der Waals surface area (Å²) in [7, 11) is 0.